The smallest absolute Gasteiger partial charge is 0.227 e. The molecule has 1 saturated carbocycles. The Hall–Kier alpha value is -2.94. The number of halogens is 1. The summed E-state index contributed by atoms with van der Waals surface area (Å²) in [5, 5.41) is 2.95. The van der Waals surface area contributed by atoms with Gasteiger partial charge in [-0.2, -0.15) is 0 Å². The van der Waals surface area contributed by atoms with Crippen molar-refractivity contribution >= 4 is 43.8 Å². The molecule has 1 aromatic heterocycles. The number of sulfone groups is 1. The number of carbonyl (C=O) groups is 1. The molecule has 0 spiro atoms. The molecule has 0 atom stereocenters. The predicted molar refractivity (Wildman–Crippen MR) is 114 cm³/mol. The van der Waals surface area contributed by atoms with E-state index in [1.165, 1.54) is 6.07 Å². The maximum Gasteiger partial charge on any atom is 0.227 e. The van der Waals surface area contributed by atoms with E-state index in [1.54, 1.807) is 31.3 Å². The molecule has 0 saturated heterocycles. The van der Waals surface area contributed by atoms with Crippen LogP contribution < -0.4 is 10.2 Å². The summed E-state index contributed by atoms with van der Waals surface area (Å²) in [4.78, 5) is 18.3. The number of amides is 1. The van der Waals surface area contributed by atoms with Crippen molar-refractivity contribution in [3.63, 3.8) is 0 Å². The maximum atomic E-state index is 14.9. The number of aryl methyl sites for hydroxylation is 2. The van der Waals surface area contributed by atoms with Gasteiger partial charge < -0.3 is 14.8 Å². The minimum absolute atomic E-state index is 0.0355. The Balaban J connectivity index is 1.81. The highest BCUT2D eigenvalue weighted by atomic mass is 32.2. The third kappa shape index (κ3) is 3.65. The summed E-state index contributed by atoms with van der Waals surface area (Å²) >= 11 is 0. The first-order valence-electron chi connectivity index (χ1n) is 9.56. The maximum absolute atomic E-state index is 14.9. The molecule has 0 radical (unpaired) electrons. The van der Waals surface area contributed by atoms with Crippen LogP contribution in [-0.4, -0.2) is 37.2 Å². The molecule has 1 aliphatic rings. The van der Waals surface area contributed by atoms with E-state index < -0.39 is 15.7 Å². The highest BCUT2D eigenvalue weighted by Gasteiger charge is 2.30. The zero-order valence-corrected chi connectivity index (χ0v) is 18.0. The van der Waals surface area contributed by atoms with Crippen molar-refractivity contribution in [2.75, 3.05) is 23.5 Å². The molecule has 1 heterocycles. The number of rotatable bonds is 5. The van der Waals surface area contributed by atoms with E-state index in [0.29, 0.717) is 22.5 Å². The minimum atomic E-state index is -3.52. The first kappa shape index (κ1) is 20.3. The van der Waals surface area contributed by atoms with Gasteiger partial charge in [0.25, 0.3) is 0 Å². The Morgan fingerprint density at radius 1 is 1.27 bits per heavy atom. The standard InChI is InChI=1S/C21H23FN4O3S/c1-12-7-15(30(4,28)29)10-16(22)20(12)26(3)14-8-17(24-21(27)13-5-6-13)19-18(9-14)25(2)11-23-19/h7-11,13H,5-6H2,1-4H3,(H,24,27). The first-order chi connectivity index (χ1) is 14.1. The molecule has 0 aliphatic heterocycles. The first-order valence-corrected chi connectivity index (χ1v) is 11.5. The van der Waals surface area contributed by atoms with Crippen molar-refractivity contribution in [1.82, 2.24) is 9.55 Å². The second-order valence-corrected chi connectivity index (χ2v) is 9.90. The Morgan fingerprint density at radius 3 is 2.57 bits per heavy atom. The fourth-order valence-electron chi connectivity index (χ4n) is 3.56. The van der Waals surface area contributed by atoms with E-state index in [2.05, 4.69) is 10.3 Å². The fourth-order valence-corrected chi connectivity index (χ4v) is 4.27. The number of hydrogen-bond donors (Lipinski definition) is 1. The summed E-state index contributed by atoms with van der Waals surface area (Å²) in [5.74, 6) is -0.637. The zero-order chi connectivity index (χ0) is 21.8. The monoisotopic (exact) mass is 430 g/mol. The van der Waals surface area contributed by atoms with Crippen LogP contribution >= 0.6 is 0 Å². The van der Waals surface area contributed by atoms with E-state index in [-0.39, 0.29) is 22.4 Å². The molecule has 1 fully saturated rings. The number of benzene rings is 2. The van der Waals surface area contributed by atoms with E-state index in [0.717, 1.165) is 30.7 Å². The van der Waals surface area contributed by atoms with Gasteiger partial charge in [0.1, 0.15) is 11.3 Å². The molecule has 0 unspecified atom stereocenters. The van der Waals surface area contributed by atoms with Gasteiger partial charge in [-0.15, -0.1) is 0 Å². The summed E-state index contributed by atoms with van der Waals surface area (Å²) in [5.41, 5.74) is 3.42. The third-order valence-corrected chi connectivity index (χ3v) is 6.49. The average Bonchev–Trinajstić information content (AvgIpc) is 3.44. The van der Waals surface area contributed by atoms with Crippen molar-refractivity contribution in [1.29, 1.82) is 0 Å². The van der Waals surface area contributed by atoms with Crippen molar-refractivity contribution in [3.05, 3.63) is 42.0 Å². The van der Waals surface area contributed by atoms with E-state index >= 15 is 0 Å². The van der Waals surface area contributed by atoms with Gasteiger partial charge >= 0.3 is 0 Å². The van der Waals surface area contributed by atoms with E-state index in [1.807, 2.05) is 17.7 Å². The van der Waals surface area contributed by atoms with Crippen LogP contribution in [-0.2, 0) is 21.7 Å². The topological polar surface area (TPSA) is 84.3 Å². The molecular weight excluding hydrogens is 407 g/mol. The van der Waals surface area contributed by atoms with Crippen LogP contribution in [0.1, 0.15) is 18.4 Å². The lowest BCUT2D eigenvalue weighted by Crippen LogP contribution is -2.16. The van der Waals surface area contributed by atoms with Crippen molar-refractivity contribution in [2.24, 2.45) is 13.0 Å². The van der Waals surface area contributed by atoms with Crippen LogP contribution in [0.15, 0.2) is 35.5 Å². The van der Waals surface area contributed by atoms with Crippen LogP contribution in [0.3, 0.4) is 0 Å². The van der Waals surface area contributed by atoms with Crippen molar-refractivity contribution in [3.8, 4) is 0 Å². The molecule has 4 rings (SSSR count). The number of imidazole rings is 1. The Morgan fingerprint density at radius 2 is 1.97 bits per heavy atom. The lowest BCUT2D eigenvalue weighted by molar-refractivity contribution is -0.117. The molecule has 0 bridgehead atoms. The number of aromatic nitrogens is 2. The molecule has 30 heavy (non-hydrogen) atoms. The molecule has 1 aliphatic carbocycles. The van der Waals surface area contributed by atoms with Gasteiger partial charge in [0.05, 0.1) is 28.1 Å². The largest absolute Gasteiger partial charge is 0.342 e. The van der Waals surface area contributed by atoms with Crippen molar-refractivity contribution in [2.45, 2.75) is 24.7 Å². The summed E-state index contributed by atoms with van der Waals surface area (Å²) in [7, 11) is 0.0276. The lowest BCUT2D eigenvalue weighted by Gasteiger charge is -2.24. The molecule has 9 heteroatoms. The molecular formula is C21H23FN4O3S. The summed E-state index contributed by atoms with van der Waals surface area (Å²) in [6.07, 6.45) is 4.48. The number of fused-ring (bicyclic) bond motifs is 1. The highest BCUT2D eigenvalue weighted by Crippen LogP contribution is 2.37. The fraction of sp³-hybridized carbons (Fsp3) is 0.333. The van der Waals surface area contributed by atoms with E-state index in [9.17, 15) is 17.6 Å². The molecule has 1 N–H and O–H groups in total. The van der Waals surface area contributed by atoms with Gasteiger partial charge in [-0.3, -0.25) is 4.79 Å². The highest BCUT2D eigenvalue weighted by molar-refractivity contribution is 7.90. The van der Waals surface area contributed by atoms with Crippen LogP contribution in [0, 0.1) is 18.7 Å². The number of anilines is 3. The van der Waals surface area contributed by atoms with Gasteiger partial charge in [-0.1, -0.05) is 0 Å². The third-order valence-electron chi connectivity index (χ3n) is 5.40. The summed E-state index contributed by atoms with van der Waals surface area (Å²) < 4.78 is 40.4. The number of nitrogens with one attached hydrogen (secondary N) is 1. The van der Waals surface area contributed by atoms with Crippen LogP contribution in [0.4, 0.5) is 21.5 Å². The zero-order valence-electron chi connectivity index (χ0n) is 17.2. The van der Waals surface area contributed by atoms with Crippen molar-refractivity contribution < 1.29 is 17.6 Å². The predicted octanol–water partition coefficient (Wildman–Crippen LogP) is 3.54. The Kier molecular flexibility index (Phi) is 4.80. The van der Waals surface area contributed by atoms with Gasteiger partial charge in [-0.25, -0.2) is 17.8 Å². The number of nitrogens with zero attached hydrogens (tertiary/aromatic N) is 3. The van der Waals surface area contributed by atoms with Gasteiger partial charge in [-0.05, 0) is 49.6 Å². The second-order valence-electron chi connectivity index (χ2n) is 7.88. The normalized spacial score (nSPS) is 14.2. The van der Waals surface area contributed by atoms with Gasteiger partial charge in [0.2, 0.25) is 5.91 Å². The van der Waals surface area contributed by atoms with Crippen LogP contribution in [0.5, 0.6) is 0 Å². The summed E-state index contributed by atoms with van der Waals surface area (Å²) in [6.45, 7) is 1.67. The van der Waals surface area contributed by atoms with Crippen LogP contribution in [0.25, 0.3) is 11.0 Å². The van der Waals surface area contributed by atoms with E-state index in [4.69, 9.17) is 0 Å². The Labute approximate surface area is 174 Å². The SMILES string of the molecule is Cc1cc(S(C)(=O)=O)cc(F)c1N(C)c1cc(NC(=O)C2CC2)c2ncn(C)c2c1. The minimum Gasteiger partial charge on any atom is -0.342 e. The number of hydrogen-bond acceptors (Lipinski definition) is 5. The summed E-state index contributed by atoms with van der Waals surface area (Å²) in [6, 6.07) is 6.12. The Bertz CT molecular complexity index is 1260. The molecule has 7 nitrogen and oxygen atoms in total. The number of carbonyl (C=O) groups excluding carboxylic acids is 1. The molecule has 3 aromatic rings. The lowest BCUT2D eigenvalue weighted by atomic mass is 10.1. The van der Waals surface area contributed by atoms with Crippen LogP contribution in [0.2, 0.25) is 0 Å². The molecule has 1 amide bonds. The van der Waals surface area contributed by atoms with Gasteiger partial charge in [0.15, 0.2) is 9.84 Å². The quantitative estimate of drug-likeness (QED) is 0.669. The van der Waals surface area contributed by atoms with Gasteiger partial charge in [0, 0.05) is 32.0 Å². The average molecular weight is 431 g/mol. The molecule has 2 aromatic carbocycles. The second kappa shape index (κ2) is 7.09. The molecule has 158 valence electrons.